The first-order chi connectivity index (χ1) is 11.0. The van der Waals surface area contributed by atoms with Crippen LogP contribution in [0.4, 0.5) is 0 Å². The van der Waals surface area contributed by atoms with Crippen LogP contribution in [0, 0.1) is 5.92 Å². The van der Waals surface area contributed by atoms with E-state index in [1.807, 2.05) is 11.8 Å². The van der Waals surface area contributed by atoms with Crippen LogP contribution in [0.25, 0.3) is 0 Å². The number of aliphatic hydroxyl groups is 1. The smallest absolute Gasteiger partial charge is 0.249 e. The average Bonchev–Trinajstić information content (AvgIpc) is 2.98. The molecule has 3 fully saturated rings. The van der Waals surface area contributed by atoms with Gasteiger partial charge in [-0.2, -0.15) is 0 Å². The summed E-state index contributed by atoms with van der Waals surface area (Å²) in [6, 6.07) is 0.119. The van der Waals surface area contributed by atoms with Gasteiger partial charge in [0.25, 0.3) is 0 Å². The van der Waals surface area contributed by atoms with Crippen LogP contribution in [0.5, 0.6) is 0 Å². The minimum absolute atomic E-state index is 0.0177. The summed E-state index contributed by atoms with van der Waals surface area (Å²) in [5.41, 5.74) is -0.680. The molecule has 2 amide bonds. The fourth-order valence-corrected chi connectivity index (χ4v) is 4.44. The number of rotatable bonds is 3. The van der Waals surface area contributed by atoms with E-state index in [-0.39, 0.29) is 36.9 Å². The highest BCUT2D eigenvalue weighted by Gasteiger charge is 2.44. The first-order valence-corrected chi connectivity index (χ1v) is 8.86. The largest absolute Gasteiger partial charge is 0.390 e. The van der Waals surface area contributed by atoms with E-state index in [1.165, 1.54) is 0 Å². The highest BCUT2D eigenvalue weighted by atomic mass is 16.5. The lowest BCUT2D eigenvalue weighted by Crippen LogP contribution is -2.53. The zero-order chi connectivity index (χ0) is 16.4. The fraction of sp³-hybridized carbons (Fsp3) is 0.882. The summed E-state index contributed by atoms with van der Waals surface area (Å²) in [6.45, 7) is 3.88. The normalized spacial score (nSPS) is 35.7. The second-order valence-electron chi connectivity index (χ2n) is 7.37. The van der Waals surface area contributed by atoms with E-state index < -0.39 is 5.60 Å². The van der Waals surface area contributed by atoms with E-state index in [0.29, 0.717) is 13.2 Å². The van der Waals surface area contributed by atoms with Crippen molar-refractivity contribution in [2.45, 2.75) is 57.1 Å². The standard InChI is InChI=1S/C17H28N2O4/c1-17(22)7-3-2-5-13(17)14-6-4-8-19(14)15(20)11-18-9-10-23-12-16(18)21/h13-14,22H,2-12H2,1H3/t13-,14-,17-/m0/s1. The van der Waals surface area contributed by atoms with Crippen molar-refractivity contribution in [2.75, 3.05) is 32.8 Å². The van der Waals surface area contributed by atoms with Crippen molar-refractivity contribution < 1.29 is 19.4 Å². The molecule has 23 heavy (non-hydrogen) atoms. The van der Waals surface area contributed by atoms with Gasteiger partial charge in [-0.3, -0.25) is 9.59 Å². The summed E-state index contributed by atoms with van der Waals surface area (Å²) < 4.78 is 5.11. The summed E-state index contributed by atoms with van der Waals surface area (Å²) in [7, 11) is 0. The Morgan fingerprint density at radius 1 is 1.30 bits per heavy atom. The predicted octanol–water partition coefficient (Wildman–Crippen LogP) is 0.777. The zero-order valence-corrected chi connectivity index (χ0v) is 14.0. The molecule has 2 aliphatic heterocycles. The van der Waals surface area contributed by atoms with Crippen LogP contribution >= 0.6 is 0 Å². The van der Waals surface area contributed by atoms with Crippen LogP contribution < -0.4 is 0 Å². The quantitative estimate of drug-likeness (QED) is 0.833. The zero-order valence-electron chi connectivity index (χ0n) is 14.0. The Hall–Kier alpha value is -1.14. The lowest BCUT2D eigenvalue weighted by atomic mass is 9.72. The van der Waals surface area contributed by atoms with Crippen LogP contribution in [0.3, 0.4) is 0 Å². The predicted molar refractivity (Wildman–Crippen MR) is 84.7 cm³/mol. The van der Waals surface area contributed by atoms with Gasteiger partial charge in [0.1, 0.15) is 6.61 Å². The molecule has 3 rings (SSSR count). The molecule has 1 saturated carbocycles. The van der Waals surface area contributed by atoms with Crippen molar-refractivity contribution >= 4 is 11.8 Å². The summed E-state index contributed by atoms with van der Waals surface area (Å²) in [6.07, 6.45) is 5.94. The molecule has 0 bridgehead atoms. The third kappa shape index (κ3) is 3.53. The van der Waals surface area contributed by atoms with Gasteiger partial charge in [0.05, 0.1) is 18.8 Å². The number of ether oxygens (including phenoxy) is 1. The van der Waals surface area contributed by atoms with Gasteiger partial charge in [-0.25, -0.2) is 0 Å². The lowest BCUT2D eigenvalue weighted by Gasteiger charge is -2.43. The Morgan fingerprint density at radius 3 is 2.87 bits per heavy atom. The first kappa shape index (κ1) is 16.7. The van der Waals surface area contributed by atoms with E-state index in [9.17, 15) is 14.7 Å². The highest BCUT2D eigenvalue weighted by Crippen LogP contribution is 2.40. The van der Waals surface area contributed by atoms with Gasteiger partial charge < -0.3 is 19.6 Å². The molecule has 3 aliphatic rings. The molecule has 2 saturated heterocycles. The van der Waals surface area contributed by atoms with Crippen LogP contribution in [-0.2, 0) is 14.3 Å². The first-order valence-electron chi connectivity index (χ1n) is 8.86. The number of nitrogens with zero attached hydrogens (tertiary/aromatic N) is 2. The molecule has 0 aromatic rings. The molecule has 2 heterocycles. The molecule has 1 N–H and O–H groups in total. The molecule has 0 aromatic carbocycles. The van der Waals surface area contributed by atoms with Gasteiger partial charge in [0.2, 0.25) is 11.8 Å². The van der Waals surface area contributed by atoms with Crippen molar-refractivity contribution in [3.8, 4) is 0 Å². The number of carbonyl (C=O) groups is 2. The molecule has 6 nitrogen and oxygen atoms in total. The lowest BCUT2D eigenvalue weighted by molar-refractivity contribution is -0.150. The van der Waals surface area contributed by atoms with Gasteiger partial charge in [0.15, 0.2) is 0 Å². The molecular weight excluding hydrogens is 296 g/mol. The number of carbonyl (C=O) groups excluding carboxylic acids is 2. The van der Waals surface area contributed by atoms with E-state index in [4.69, 9.17) is 4.74 Å². The van der Waals surface area contributed by atoms with Crippen molar-refractivity contribution in [1.29, 1.82) is 0 Å². The molecule has 3 atom stereocenters. The van der Waals surface area contributed by atoms with Crippen LogP contribution in [0.15, 0.2) is 0 Å². The summed E-state index contributed by atoms with van der Waals surface area (Å²) in [4.78, 5) is 28.1. The third-order valence-electron chi connectivity index (χ3n) is 5.74. The van der Waals surface area contributed by atoms with E-state index in [2.05, 4.69) is 0 Å². The molecule has 0 unspecified atom stereocenters. The van der Waals surface area contributed by atoms with Crippen LogP contribution in [0.1, 0.15) is 45.4 Å². The van der Waals surface area contributed by atoms with Crippen molar-refractivity contribution in [3.05, 3.63) is 0 Å². The van der Waals surface area contributed by atoms with E-state index >= 15 is 0 Å². The number of likely N-dealkylation sites (tertiary alicyclic amines) is 1. The SMILES string of the molecule is C[C@]1(O)CCCC[C@H]1[C@@H]1CCCN1C(=O)CN1CCOCC1=O. The van der Waals surface area contributed by atoms with E-state index in [1.54, 1.807) is 4.90 Å². The van der Waals surface area contributed by atoms with Crippen LogP contribution in [-0.4, -0.2) is 71.2 Å². The Kier molecular flexibility index (Phi) is 4.92. The molecule has 6 heteroatoms. The van der Waals surface area contributed by atoms with Crippen molar-refractivity contribution in [1.82, 2.24) is 9.80 Å². The minimum atomic E-state index is -0.680. The molecule has 0 radical (unpaired) electrons. The molecular formula is C17H28N2O4. The maximum absolute atomic E-state index is 12.7. The molecule has 1 aliphatic carbocycles. The second-order valence-corrected chi connectivity index (χ2v) is 7.37. The fourth-order valence-electron chi connectivity index (χ4n) is 4.44. The highest BCUT2D eigenvalue weighted by molar-refractivity contribution is 5.86. The molecule has 0 spiro atoms. The maximum atomic E-state index is 12.7. The summed E-state index contributed by atoms with van der Waals surface area (Å²) in [5, 5.41) is 10.7. The minimum Gasteiger partial charge on any atom is -0.390 e. The topological polar surface area (TPSA) is 70.1 Å². The van der Waals surface area contributed by atoms with Crippen molar-refractivity contribution in [3.63, 3.8) is 0 Å². The average molecular weight is 324 g/mol. The van der Waals surface area contributed by atoms with E-state index in [0.717, 1.165) is 45.1 Å². The Bertz CT molecular complexity index is 466. The molecule has 0 aromatic heterocycles. The summed E-state index contributed by atoms with van der Waals surface area (Å²) >= 11 is 0. The van der Waals surface area contributed by atoms with Gasteiger partial charge in [-0.05, 0) is 32.6 Å². The monoisotopic (exact) mass is 324 g/mol. The Labute approximate surface area is 137 Å². The number of amides is 2. The number of hydrogen-bond donors (Lipinski definition) is 1. The van der Waals surface area contributed by atoms with Gasteiger partial charge in [0, 0.05) is 25.0 Å². The van der Waals surface area contributed by atoms with Crippen molar-refractivity contribution in [2.24, 2.45) is 5.92 Å². The Morgan fingerprint density at radius 2 is 2.13 bits per heavy atom. The molecule has 130 valence electrons. The maximum Gasteiger partial charge on any atom is 0.249 e. The number of morpholine rings is 1. The summed E-state index contributed by atoms with van der Waals surface area (Å²) in [5.74, 6) is 0.0669. The third-order valence-corrected chi connectivity index (χ3v) is 5.74. The number of hydrogen-bond acceptors (Lipinski definition) is 4. The van der Waals surface area contributed by atoms with Gasteiger partial charge >= 0.3 is 0 Å². The second kappa shape index (κ2) is 6.77. The van der Waals surface area contributed by atoms with Gasteiger partial charge in [-0.1, -0.05) is 12.8 Å². The van der Waals surface area contributed by atoms with Gasteiger partial charge in [-0.15, -0.1) is 0 Å². The van der Waals surface area contributed by atoms with Crippen LogP contribution in [0.2, 0.25) is 0 Å². The Balaban J connectivity index is 1.66.